The minimum Gasteiger partial charge on any atom is -0.392 e. The molecule has 154 valence electrons. The number of carbonyl (C=O) groups is 1. The Morgan fingerprint density at radius 3 is 2.89 bits per heavy atom. The number of aliphatic hydroxyl groups excluding tert-OH is 2. The van der Waals surface area contributed by atoms with Crippen LogP contribution in [0.4, 0.5) is 0 Å². The highest BCUT2D eigenvalue weighted by atomic mass is 16.3. The second kappa shape index (κ2) is 11.0. The lowest BCUT2D eigenvalue weighted by Crippen LogP contribution is -2.33. The van der Waals surface area contributed by atoms with Crippen LogP contribution in [0.5, 0.6) is 0 Å². The number of hydrogen-bond donors (Lipinski definition) is 3. The van der Waals surface area contributed by atoms with Gasteiger partial charge in [0.1, 0.15) is 0 Å². The van der Waals surface area contributed by atoms with Crippen LogP contribution in [-0.2, 0) is 4.79 Å². The molecule has 1 fully saturated rings. The van der Waals surface area contributed by atoms with Gasteiger partial charge in [0, 0.05) is 20.0 Å². The fraction of sp³-hybridized carbons (Fsp3) is 0.773. The molecule has 5 nitrogen and oxygen atoms in total. The number of amides is 1. The fourth-order valence-corrected chi connectivity index (χ4v) is 4.35. The van der Waals surface area contributed by atoms with Crippen LogP contribution >= 0.6 is 0 Å². The summed E-state index contributed by atoms with van der Waals surface area (Å²) in [5.41, 5.74) is 1.43. The lowest BCUT2D eigenvalue weighted by molar-refractivity contribution is -0.127. The molecule has 27 heavy (non-hydrogen) atoms. The molecule has 0 aromatic heterocycles. The first-order valence-corrected chi connectivity index (χ1v) is 10.6. The molecule has 0 bridgehead atoms. The Morgan fingerprint density at radius 2 is 2.19 bits per heavy atom. The highest BCUT2D eigenvalue weighted by Gasteiger charge is 2.43. The summed E-state index contributed by atoms with van der Waals surface area (Å²) in [6, 6.07) is 0. The van der Waals surface area contributed by atoms with Gasteiger partial charge in [-0.05, 0) is 44.1 Å². The Bertz CT molecular complexity index is 530. The third kappa shape index (κ3) is 6.74. The standard InChI is InChI=1S/C22H38N2O3/c1-4-5-6-7-18(25)8-9-19-20-13-16(12-17(20)14-21(19)26)10-11-23-15-22(27)24(2)3/h8-9,12,17-21,23,25-26H,4-7,10-11,13-15H2,1-3H3/b9-8+/t17-,18-,19+,20-,21+/m0/s1. The maximum atomic E-state index is 11.6. The molecule has 3 N–H and O–H groups in total. The minimum atomic E-state index is -0.393. The molecule has 2 aliphatic carbocycles. The van der Waals surface area contributed by atoms with Crippen LogP contribution in [-0.4, -0.2) is 60.4 Å². The number of nitrogens with one attached hydrogen (secondary N) is 1. The van der Waals surface area contributed by atoms with Gasteiger partial charge in [0.25, 0.3) is 0 Å². The van der Waals surface area contributed by atoms with Crippen LogP contribution in [0, 0.1) is 17.8 Å². The van der Waals surface area contributed by atoms with Gasteiger partial charge >= 0.3 is 0 Å². The Hall–Kier alpha value is -1.17. The second-order valence-electron chi connectivity index (χ2n) is 8.40. The monoisotopic (exact) mass is 378 g/mol. The summed E-state index contributed by atoms with van der Waals surface area (Å²) in [4.78, 5) is 13.2. The average Bonchev–Trinajstić information content (AvgIpc) is 3.13. The highest BCUT2D eigenvalue weighted by Crippen LogP contribution is 2.47. The molecule has 2 aliphatic rings. The van der Waals surface area contributed by atoms with Gasteiger partial charge in [0.2, 0.25) is 5.91 Å². The van der Waals surface area contributed by atoms with Crippen molar-refractivity contribution in [3.05, 3.63) is 23.8 Å². The lowest BCUT2D eigenvalue weighted by atomic mass is 9.88. The van der Waals surface area contributed by atoms with Crippen molar-refractivity contribution in [3.63, 3.8) is 0 Å². The summed E-state index contributed by atoms with van der Waals surface area (Å²) >= 11 is 0. The molecule has 0 heterocycles. The van der Waals surface area contributed by atoms with Gasteiger partial charge in [0.05, 0.1) is 18.8 Å². The van der Waals surface area contributed by atoms with E-state index in [0.29, 0.717) is 18.4 Å². The van der Waals surface area contributed by atoms with E-state index in [1.807, 2.05) is 6.08 Å². The SMILES string of the molecule is CCCCC[C@H](O)/C=C/[C@@H]1[C@H]2CC(CCNCC(=O)N(C)C)=C[C@H]2C[C@H]1O. The summed E-state index contributed by atoms with van der Waals surface area (Å²) < 4.78 is 0. The van der Waals surface area contributed by atoms with Gasteiger partial charge in [-0.3, -0.25) is 4.79 Å². The van der Waals surface area contributed by atoms with E-state index in [2.05, 4.69) is 24.4 Å². The zero-order valence-electron chi connectivity index (χ0n) is 17.2. The molecular formula is C22H38N2O3. The molecule has 0 radical (unpaired) electrons. The van der Waals surface area contributed by atoms with E-state index < -0.39 is 6.10 Å². The zero-order valence-corrected chi connectivity index (χ0v) is 17.2. The van der Waals surface area contributed by atoms with Gasteiger partial charge in [-0.1, -0.05) is 50.0 Å². The van der Waals surface area contributed by atoms with E-state index in [0.717, 1.165) is 51.5 Å². The van der Waals surface area contributed by atoms with Crippen molar-refractivity contribution in [3.8, 4) is 0 Å². The van der Waals surface area contributed by atoms with Gasteiger partial charge in [0.15, 0.2) is 0 Å². The predicted octanol–water partition coefficient (Wildman–Crippen LogP) is 2.50. The third-order valence-corrected chi connectivity index (χ3v) is 6.01. The fourth-order valence-electron chi connectivity index (χ4n) is 4.35. The highest BCUT2D eigenvalue weighted by molar-refractivity contribution is 5.77. The molecule has 0 unspecified atom stereocenters. The number of allylic oxidation sites excluding steroid dienone is 1. The number of likely N-dealkylation sites (N-methyl/N-ethyl adjacent to an activating group) is 1. The molecule has 2 rings (SSSR count). The summed E-state index contributed by atoms with van der Waals surface area (Å²) in [6.45, 7) is 3.36. The van der Waals surface area contributed by atoms with Gasteiger partial charge in [-0.25, -0.2) is 0 Å². The van der Waals surface area contributed by atoms with Crippen molar-refractivity contribution < 1.29 is 15.0 Å². The van der Waals surface area contributed by atoms with Crippen LogP contribution in [0.25, 0.3) is 0 Å². The first kappa shape index (κ1) is 22.1. The van der Waals surface area contributed by atoms with Gasteiger partial charge in [-0.2, -0.15) is 0 Å². The van der Waals surface area contributed by atoms with Crippen LogP contribution in [0.15, 0.2) is 23.8 Å². The van der Waals surface area contributed by atoms with Crippen molar-refractivity contribution in [2.24, 2.45) is 17.8 Å². The number of rotatable bonds is 11. The van der Waals surface area contributed by atoms with Crippen LogP contribution in [0.3, 0.4) is 0 Å². The maximum Gasteiger partial charge on any atom is 0.236 e. The number of unbranched alkanes of at least 4 members (excludes halogenated alkanes) is 2. The molecule has 5 heteroatoms. The maximum absolute atomic E-state index is 11.6. The normalized spacial score (nSPS) is 28.4. The van der Waals surface area contributed by atoms with E-state index in [4.69, 9.17) is 0 Å². The summed E-state index contributed by atoms with van der Waals surface area (Å²) in [5.74, 6) is 1.15. The number of carbonyl (C=O) groups excluding carboxylic acids is 1. The first-order chi connectivity index (χ1) is 12.9. The van der Waals surface area contributed by atoms with Gasteiger partial charge < -0.3 is 20.4 Å². The first-order valence-electron chi connectivity index (χ1n) is 10.6. The Morgan fingerprint density at radius 1 is 1.41 bits per heavy atom. The van der Waals surface area contributed by atoms with E-state index >= 15 is 0 Å². The lowest BCUT2D eigenvalue weighted by Gasteiger charge is -2.19. The third-order valence-electron chi connectivity index (χ3n) is 6.01. The molecule has 0 aromatic carbocycles. The summed E-state index contributed by atoms with van der Waals surface area (Å²) in [6.07, 6.45) is 12.6. The van der Waals surface area contributed by atoms with Crippen molar-refractivity contribution in [1.29, 1.82) is 0 Å². The summed E-state index contributed by atoms with van der Waals surface area (Å²) in [5, 5.41) is 23.8. The molecule has 5 atom stereocenters. The average molecular weight is 379 g/mol. The van der Waals surface area contributed by atoms with Crippen molar-refractivity contribution in [2.45, 2.75) is 64.1 Å². The molecule has 0 aliphatic heterocycles. The number of aliphatic hydroxyl groups is 2. The van der Waals surface area contributed by atoms with Crippen molar-refractivity contribution in [2.75, 3.05) is 27.2 Å². The minimum absolute atomic E-state index is 0.0955. The smallest absolute Gasteiger partial charge is 0.236 e. The Kier molecular flexibility index (Phi) is 9.00. The second-order valence-corrected chi connectivity index (χ2v) is 8.40. The van der Waals surface area contributed by atoms with Crippen LogP contribution < -0.4 is 5.32 Å². The van der Waals surface area contributed by atoms with E-state index in [1.165, 1.54) is 5.57 Å². The number of fused-ring (bicyclic) bond motifs is 1. The number of nitrogens with zero attached hydrogens (tertiary/aromatic N) is 1. The zero-order chi connectivity index (χ0) is 19.8. The molecule has 1 saturated carbocycles. The van der Waals surface area contributed by atoms with Crippen LogP contribution in [0.1, 0.15) is 51.9 Å². The Balaban J connectivity index is 1.76. The Labute approximate surface area is 164 Å². The van der Waals surface area contributed by atoms with Crippen molar-refractivity contribution in [1.82, 2.24) is 10.2 Å². The molecular weight excluding hydrogens is 340 g/mol. The number of hydrogen-bond acceptors (Lipinski definition) is 4. The van der Waals surface area contributed by atoms with E-state index in [1.54, 1.807) is 19.0 Å². The molecule has 0 spiro atoms. The van der Waals surface area contributed by atoms with E-state index in [9.17, 15) is 15.0 Å². The summed E-state index contributed by atoms with van der Waals surface area (Å²) in [7, 11) is 3.54. The molecule has 1 amide bonds. The molecule has 0 saturated heterocycles. The van der Waals surface area contributed by atoms with Crippen molar-refractivity contribution >= 4 is 5.91 Å². The topological polar surface area (TPSA) is 72.8 Å². The van der Waals surface area contributed by atoms with E-state index in [-0.39, 0.29) is 17.9 Å². The van der Waals surface area contributed by atoms with Gasteiger partial charge in [-0.15, -0.1) is 0 Å². The predicted molar refractivity (Wildman–Crippen MR) is 109 cm³/mol. The quantitative estimate of drug-likeness (QED) is 0.381. The van der Waals surface area contributed by atoms with Crippen LogP contribution in [0.2, 0.25) is 0 Å². The largest absolute Gasteiger partial charge is 0.392 e. The molecule has 0 aromatic rings.